The topological polar surface area (TPSA) is 108 Å². The summed E-state index contributed by atoms with van der Waals surface area (Å²) in [6, 6.07) is 4.87. The molecule has 4 atom stereocenters. The van der Waals surface area contributed by atoms with Crippen molar-refractivity contribution < 1.29 is 38.4 Å². The van der Waals surface area contributed by atoms with E-state index >= 15 is 0 Å². The second kappa shape index (κ2) is 9.68. The molecule has 1 N–H and O–H groups in total. The Balaban J connectivity index is 2.69. The van der Waals surface area contributed by atoms with Gasteiger partial charge >= 0.3 is 11.9 Å². The summed E-state index contributed by atoms with van der Waals surface area (Å²) in [6.45, 7) is 8.15. The summed E-state index contributed by atoms with van der Waals surface area (Å²) in [6.07, 6.45) is -1.25. The lowest BCUT2D eigenvalue weighted by Crippen LogP contribution is -2.55. The summed E-state index contributed by atoms with van der Waals surface area (Å²) in [4.78, 5) is 39.0. The second-order valence-electron chi connectivity index (χ2n) is 8.57. The molecular weight excluding hydrogens is 404 g/mol. The smallest absolute Gasteiger partial charge is 0.317 e. The fourth-order valence-electron chi connectivity index (χ4n) is 4.09. The van der Waals surface area contributed by atoms with Gasteiger partial charge in [-0.3, -0.25) is 14.4 Å². The Labute approximate surface area is 182 Å². The maximum absolute atomic E-state index is 13.1. The van der Waals surface area contributed by atoms with Crippen molar-refractivity contribution in [2.75, 3.05) is 14.2 Å². The predicted octanol–water partition coefficient (Wildman–Crippen LogP) is 2.65. The van der Waals surface area contributed by atoms with Gasteiger partial charge in [0.15, 0.2) is 17.3 Å². The van der Waals surface area contributed by atoms with Crippen LogP contribution < -0.4 is 9.47 Å². The highest BCUT2D eigenvalue weighted by Gasteiger charge is 2.57. The summed E-state index contributed by atoms with van der Waals surface area (Å²) in [5.41, 5.74) is -1.25. The summed E-state index contributed by atoms with van der Waals surface area (Å²) in [5.74, 6) is -4.56. The Kier molecular flexibility index (Phi) is 7.70. The Morgan fingerprint density at radius 2 is 1.55 bits per heavy atom. The molecule has 1 saturated carbocycles. The fourth-order valence-corrected chi connectivity index (χ4v) is 4.09. The van der Waals surface area contributed by atoms with E-state index in [1.54, 1.807) is 45.9 Å². The largest absolute Gasteiger partial charge is 0.493 e. The average molecular weight is 437 g/mol. The first-order valence-corrected chi connectivity index (χ1v) is 10.3. The molecule has 0 heterocycles. The molecular formula is C23H32O8. The van der Waals surface area contributed by atoms with E-state index in [0.29, 0.717) is 17.1 Å². The minimum atomic E-state index is -1.71. The minimum absolute atomic E-state index is 0.365. The molecule has 1 aromatic rings. The van der Waals surface area contributed by atoms with Gasteiger partial charge in [0, 0.05) is 12.3 Å². The Hall–Kier alpha value is -2.61. The monoisotopic (exact) mass is 436 g/mol. The summed E-state index contributed by atoms with van der Waals surface area (Å²) < 4.78 is 21.4. The van der Waals surface area contributed by atoms with E-state index in [4.69, 9.17) is 18.9 Å². The van der Waals surface area contributed by atoms with Gasteiger partial charge in [0.1, 0.15) is 5.92 Å². The Morgan fingerprint density at radius 1 is 1.00 bits per heavy atom. The second-order valence-corrected chi connectivity index (χ2v) is 8.57. The molecule has 1 aromatic carbocycles. The zero-order chi connectivity index (χ0) is 23.5. The van der Waals surface area contributed by atoms with Crippen LogP contribution in [0.25, 0.3) is 0 Å². The average Bonchev–Trinajstić information content (AvgIpc) is 2.64. The molecule has 172 valence electrons. The van der Waals surface area contributed by atoms with Crippen LogP contribution in [0.1, 0.15) is 52.5 Å². The number of ketones is 1. The number of methoxy groups -OCH3 is 2. The highest BCUT2D eigenvalue weighted by atomic mass is 16.5. The third-order valence-corrected chi connectivity index (χ3v) is 5.27. The van der Waals surface area contributed by atoms with Gasteiger partial charge in [-0.2, -0.15) is 0 Å². The van der Waals surface area contributed by atoms with E-state index in [2.05, 4.69) is 0 Å². The van der Waals surface area contributed by atoms with Crippen LogP contribution in [-0.2, 0) is 23.9 Å². The van der Waals surface area contributed by atoms with Crippen LogP contribution >= 0.6 is 0 Å². The minimum Gasteiger partial charge on any atom is -0.493 e. The molecule has 8 nitrogen and oxygen atoms in total. The van der Waals surface area contributed by atoms with Crippen molar-refractivity contribution in [1.29, 1.82) is 0 Å². The Morgan fingerprint density at radius 3 is 2.06 bits per heavy atom. The molecule has 31 heavy (non-hydrogen) atoms. The van der Waals surface area contributed by atoms with Crippen LogP contribution in [0.5, 0.6) is 11.5 Å². The van der Waals surface area contributed by atoms with Crippen molar-refractivity contribution in [2.24, 2.45) is 11.8 Å². The molecule has 0 amide bonds. The number of hydrogen-bond acceptors (Lipinski definition) is 8. The summed E-state index contributed by atoms with van der Waals surface area (Å²) >= 11 is 0. The number of benzene rings is 1. The quantitative estimate of drug-likeness (QED) is 0.513. The molecule has 0 saturated heterocycles. The first-order chi connectivity index (χ1) is 14.4. The number of Topliss-reactive ketones (excluding diaryl/α,β-unsaturated/α-hetero) is 1. The third kappa shape index (κ3) is 5.36. The molecule has 1 aliphatic carbocycles. The number of carbonyl (C=O) groups is 3. The molecule has 0 bridgehead atoms. The number of ether oxygens (including phenoxy) is 4. The molecule has 0 unspecified atom stereocenters. The molecule has 0 aliphatic heterocycles. The SMILES string of the molecule is COc1ccc([C@@H]2[C@H](C(=O)OC(C)C)C(=O)C[C@@](C)(O)[C@H]2C(=O)OC(C)C)cc1OC. The fraction of sp³-hybridized carbons (Fsp3) is 0.609. The van der Waals surface area contributed by atoms with Crippen molar-refractivity contribution in [3.8, 4) is 11.5 Å². The highest BCUT2D eigenvalue weighted by Crippen LogP contribution is 2.48. The van der Waals surface area contributed by atoms with Gasteiger partial charge in [0.05, 0.1) is 37.9 Å². The van der Waals surface area contributed by atoms with Gasteiger partial charge in [-0.25, -0.2) is 0 Å². The molecule has 1 aliphatic rings. The van der Waals surface area contributed by atoms with E-state index < -0.39 is 53.3 Å². The van der Waals surface area contributed by atoms with E-state index in [0.717, 1.165) is 0 Å². The highest BCUT2D eigenvalue weighted by molar-refractivity contribution is 6.02. The van der Waals surface area contributed by atoms with Crippen molar-refractivity contribution in [3.05, 3.63) is 23.8 Å². The van der Waals surface area contributed by atoms with Gasteiger partial charge in [-0.05, 0) is 52.3 Å². The number of hydrogen-bond donors (Lipinski definition) is 1. The lowest BCUT2D eigenvalue weighted by Gasteiger charge is -2.44. The normalized spacial score (nSPS) is 26.0. The number of rotatable bonds is 7. The molecule has 2 rings (SSSR count). The lowest BCUT2D eigenvalue weighted by molar-refractivity contribution is -0.176. The molecule has 0 aromatic heterocycles. The molecule has 1 fully saturated rings. The van der Waals surface area contributed by atoms with Crippen LogP contribution in [0.4, 0.5) is 0 Å². The molecule has 0 radical (unpaired) electrons. The standard InChI is InChI=1S/C23H32O8/c1-12(2)30-21(25)19-15(24)11-23(5,27)20(22(26)31-13(3)4)18(19)14-8-9-16(28-6)17(10-14)29-7/h8-10,12-13,18-20,27H,11H2,1-7H3/t18-,19-,20-,23-/m1/s1. The van der Waals surface area contributed by atoms with Crippen molar-refractivity contribution in [1.82, 2.24) is 0 Å². The number of esters is 2. The predicted molar refractivity (Wildman–Crippen MR) is 112 cm³/mol. The van der Waals surface area contributed by atoms with Gasteiger partial charge in [0.25, 0.3) is 0 Å². The van der Waals surface area contributed by atoms with Gasteiger partial charge in [-0.15, -0.1) is 0 Å². The van der Waals surface area contributed by atoms with E-state index in [1.807, 2.05) is 0 Å². The van der Waals surface area contributed by atoms with Crippen molar-refractivity contribution in [3.63, 3.8) is 0 Å². The maximum Gasteiger partial charge on any atom is 0.317 e. The zero-order valence-corrected chi connectivity index (χ0v) is 19.1. The van der Waals surface area contributed by atoms with Crippen LogP contribution in [-0.4, -0.2) is 54.9 Å². The van der Waals surface area contributed by atoms with Gasteiger partial charge in [0.2, 0.25) is 0 Å². The third-order valence-electron chi connectivity index (χ3n) is 5.27. The Bertz CT molecular complexity index is 819. The first-order valence-electron chi connectivity index (χ1n) is 10.3. The maximum atomic E-state index is 13.1. The van der Waals surface area contributed by atoms with Gasteiger partial charge in [-0.1, -0.05) is 6.07 Å². The van der Waals surface area contributed by atoms with E-state index in [-0.39, 0.29) is 6.42 Å². The van der Waals surface area contributed by atoms with Crippen LogP contribution in [0, 0.1) is 11.8 Å². The van der Waals surface area contributed by atoms with Crippen LogP contribution in [0.3, 0.4) is 0 Å². The number of carbonyl (C=O) groups excluding carboxylic acids is 3. The van der Waals surface area contributed by atoms with Crippen LogP contribution in [0.15, 0.2) is 18.2 Å². The van der Waals surface area contributed by atoms with E-state index in [1.165, 1.54) is 21.1 Å². The summed E-state index contributed by atoms with van der Waals surface area (Å²) in [5, 5.41) is 11.1. The molecule has 0 spiro atoms. The molecule has 8 heteroatoms. The number of aliphatic hydroxyl groups is 1. The lowest BCUT2D eigenvalue weighted by atomic mass is 9.61. The van der Waals surface area contributed by atoms with Gasteiger partial charge < -0.3 is 24.1 Å². The summed E-state index contributed by atoms with van der Waals surface area (Å²) in [7, 11) is 2.94. The van der Waals surface area contributed by atoms with Crippen molar-refractivity contribution in [2.45, 2.75) is 64.8 Å². The first kappa shape index (κ1) is 24.7. The van der Waals surface area contributed by atoms with E-state index in [9.17, 15) is 19.5 Å². The zero-order valence-electron chi connectivity index (χ0n) is 19.1. The van der Waals surface area contributed by atoms with Crippen LogP contribution in [0.2, 0.25) is 0 Å². The van der Waals surface area contributed by atoms with Crippen molar-refractivity contribution >= 4 is 17.7 Å².